The van der Waals surface area contributed by atoms with Crippen molar-refractivity contribution in [3.8, 4) is 0 Å². The molecule has 2 fully saturated rings. The van der Waals surface area contributed by atoms with Gasteiger partial charge in [0.25, 0.3) is 0 Å². The summed E-state index contributed by atoms with van der Waals surface area (Å²) in [5, 5.41) is 9.09. The van der Waals surface area contributed by atoms with Crippen molar-refractivity contribution >= 4 is 5.91 Å². The van der Waals surface area contributed by atoms with Gasteiger partial charge in [0.2, 0.25) is 5.91 Å². The number of aliphatic hydroxyl groups is 1. The number of nitrogens with zero attached hydrogens (tertiary/aromatic N) is 2. The van der Waals surface area contributed by atoms with Gasteiger partial charge in [-0.2, -0.15) is 0 Å². The zero-order valence-corrected chi connectivity index (χ0v) is 10.1. The topological polar surface area (TPSA) is 43.8 Å². The van der Waals surface area contributed by atoms with Crippen LogP contribution in [-0.2, 0) is 4.79 Å². The number of aliphatic hydroxyl groups excluding tert-OH is 1. The highest BCUT2D eigenvalue weighted by molar-refractivity contribution is 5.79. The van der Waals surface area contributed by atoms with Gasteiger partial charge >= 0.3 is 0 Å². The summed E-state index contributed by atoms with van der Waals surface area (Å²) in [5.41, 5.74) is 0. The molecule has 0 aromatic rings. The number of amides is 1. The standard InChI is InChI=1S/C12H22N2O2/c1-2-13-5-3-11(4-6-13)14-8-10(9-15)7-12(14)16/h10-11,15H,2-9H2,1H3. The van der Waals surface area contributed by atoms with E-state index in [2.05, 4.69) is 11.8 Å². The number of piperidine rings is 1. The van der Waals surface area contributed by atoms with Gasteiger partial charge in [-0.05, 0) is 19.4 Å². The predicted molar refractivity (Wildman–Crippen MR) is 62.0 cm³/mol. The summed E-state index contributed by atoms with van der Waals surface area (Å²) in [7, 11) is 0. The van der Waals surface area contributed by atoms with E-state index in [0.29, 0.717) is 12.5 Å². The minimum Gasteiger partial charge on any atom is -0.396 e. The van der Waals surface area contributed by atoms with Crippen LogP contribution in [0.3, 0.4) is 0 Å². The van der Waals surface area contributed by atoms with Crippen LogP contribution < -0.4 is 0 Å². The summed E-state index contributed by atoms with van der Waals surface area (Å²) in [5.74, 6) is 0.422. The molecule has 0 bridgehead atoms. The first-order chi connectivity index (χ1) is 7.74. The number of hydrogen-bond donors (Lipinski definition) is 1. The van der Waals surface area contributed by atoms with Gasteiger partial charge in [0, 0.05) is 44.6 Å². The normalized spacial score (nSPS) is 29.0. The molecule has 0 spiro atoms. The Hall–Kier alpha value is -0.610. The second-order valence-electron chi connectivity index (χ2n) is 4.96. The largest absolute Gasteiger partial charge is 0.396 e. The van der Waals surface area contributed by atoms with Gasteiger partial charge in [0.15, 0.2) is 0 Å². The third-order valence-corrected chi connectivity index (χ3v) is 3.94. The molecule has 0 radical (unpaired) electrons. The Bertz CT molecular complexity index is 249. The number of rotatable bonds is 3. The van der Waals surface area contributed by atoms with Crippen LogP contribution in [0.4, 0.5) is 0 Å². The fourth-order valence-electron chi connectivity index (χ4n) is 2.83. The van der Waals surface area contributed by atoms with Gasteiger partial charge in [-0.1, -0.05) is 6.92 Å². The van der Waals surface area contributed by atoms with Gasteiger partial charge in [-0.15, -0.1) is 0 Å². The average Bonchev–Trinajstić information content (AvgIpc) is 2.71. The SMILES string of the molecule is CCN1CCC(N2CC(CO)CC2=O)CC1. The van der Waals surface area contributed by atoms with Crippen LogP contribution >= 0.6 is 0 Å². The van der Waals surface area contributed by atoms with Crippen molar-refractivity contribution in [2.75, 3.05) is 32.8 Å². The van der Waals surface area contributed by atoms with Crippen LogP contribution in [0, 0.1) is 5.92 Å². The molecule has 2 aliphatic heterocycles. The van der Waals surface area contributed by atoms with Crippen LogP contribution in [0.15, 0.2) is 0 Å². The molecule has 1 atom stereocenters. The molecule has 92 valence electrons. The Morgan fingerprint density at radius 2 is 2.06 bits per heavy atom. The van der Waals surface area contributed by atoms with E-state index < -0.39 is 0 Å². The van der Waals surface area contributed by atoms with Crippen molar-refractivity contribution in [1.82, 2.24) is 9.80 Å². The highest BCUT2D eigenvalue weighted by Gasteiger charge is 2.35. The average molecular weight is 226 g/mol. The second kappa shape index (κ2) is 5.15. The lowest BCUT2D eigenvalue weighted by Crippen LogP contribution is -2.45. The molecule has 4 heteroatoms. The van der Waals surface area contributed by atoms with Crippen LogP contribution in [-0.4, -0.2) is 59.6 Å². The smallest absolute Gasteiger partial charge is 0.223 e. The maximum absolute atomic E-state index is 11.8. The summed E-state index contributed by atoms with van der Waals surface area (Å²) in [6.45, 7) is 6.43. The van der Waals surface area contributed by atoms with E-state index in [1.165, 1.54) is 0 Å². The summed E-state index contributed by atoms with van der Waals surface area (Å²) in [6, 6.07) is 0.423. The molecule has 1 N–H and O–H groups in total. The van der Waals surface area contributed by atoms with Crippen LogP contribution in [0.2, 0.25) is 0 Å². The molecular formula is C12H22N2O2. The molecule has 0 aliphatic carbocycles. The van der Waals surface area contributed by atoms with Crippen LogP contribution in [0.25, 0.3) is 0 Å². The molecule has 1 unspecified atom stereocenters. The van der Waals surface area contributed by atoms with Crippen molar-refractivity contribution in [3.63, 3.8) is 0 Å². The molecule has 4 nitrogen and oxygen atoms in total. The zero-order valence-electron chi connectivity index (χ0n) is 10.1. The Morgan fingerprint density at radius 3 is 2.56 bits per heavy atom. The lowest BCUT2D eigenvalue weighted by atomic mass is 10.0. The van der Waals surface area contributed by atoms with E-state index in [-0.39, 0.29) is 18.4 Å². The van der Waals surface area contributed by atoms with Gasteiger partial charge in [0.1, 0.15) is 0 Å². The van der Waals surface area contributed by atoms with Gasteiger partial charge in [0.05, 0.1) is 0 Å². The van der Waals surface area contributed by atoms with E-state index in [1.807, 2.05) is 4.90 Å². The highest BCUT2D eigenvalue weighted by atomic mass is 16.3. The molecular weight excluding hydrogens is 204 g/mol. The maximum Gasteiger partial charge on any atom is 0.223 e. The molecule has 2 rings (SSSR count). The molecule has 16 heavy (non-hydrogen) atoms. The fourth-order valence-corrected chi connectivity index (χ4v) is 2.83. The van der Waals surface area contributed by atoms with Gasteiger partial charge < -0.3 is 14.9 Å². The minimum atomic E-state index is 0.149. The zero-order chi connectivity index (χ0) is 11.5. The lowest BCUT2D eigenvalue weighted by Gasteiger charge is -2.36. The molecule has 1 amide bonds. The Kier molecular flexibility index (Phi) is 3.82. The maximum atomic E-state index is 11.8. The number of carbonyl (C=O) groups excluding carboxylic acids is 1. The lowest BCUT2D eigenvalue weighted by molar-refractivity contribution is -0.130. The summed E-state index contributed by atoms with van der Waals surface area (Å²) >= 11 is 0. The van der Waals surface area contributed by atoms with Crippen molar-refractivity contribution < 1.29 is 9.90 Å². The molecule has 0 aromatic carbocycles. The summed E-state index contributed by atoms with van der Waals surface area (Å²) in [6.07, 6.45) is 2.74. The van der Waals surface area contributed by atoms with Crippen molar-refractivity contribution in [1.29, 1.82) is 0 Å². The van der Waals surface area contributed by atoms with Gasteiger partial charge in [-0.25, -0.2) is 0 Å². The number of likely N-dealkylation sites (tertiary alicyclic amines) is 2. The van der Waals surface area contributed by atoms with Crippen molar-refractivity contribution in [3.05, 3.63) is 0 Å². The number of hydrogen-bond acceptors (Lipinski definition) is 3. The molecule has 2 saturated heterocycles. The molecule has 0 aromatic heterocycles. The van der Waals surface area contributed by atoms with E-state index in [9.17, 15) is 4.79 Å². The Morgan fingerprint density at radius 1 is 1.38 bits per heavy atom. The second-order valence-corrected chi connectivity index (χ2v) is 4.96. The summed E-state index contributed by atoms with van der Waals surface area (Å²) in [4.78, 5) is 16.2. The summed E-state index contributed by atoms with van der Waals surface area (Å²) < 4.78 is 0. The van der Waals surface area contributed by atoms with Crippen LogP contribution in [0.1, 0.15) is 26.2 Å². The first kappa shape index (κ1) is 11.9. The number of carbonyl (C=O) groups is 1. The fraction of sp³-hybridized carbons (Fsp3) is 0.917. The van der Waals surface area contributed by atoms with Crippen molar-refractivity contribution in [2.45, 2.75) is 32.2 Å². The first-order valence-corrected chi connectivity index (χ1v) is 6.37. The third-order valence-electron chi connectivity index (χ3n) is 3.94. The monoisotopic (exact) mass is 226 g/mol. The van der Waals surface area contributed by atoms with Crippen LogP contribution in [0.5, 0.6) is 0 Å². The van der Waals surface area contributed by atoms with E-state index in [4.69, 9.17) is 5.11 Å². The molecule has 2 aliphatic rings. The highest BCUT2D eigenvalue weighted by Crippen LogP contribution is 2.25. The minimum absolute atomic E-state index is 0.149. The van der Waals surface area contributed by atoms with E-state index in [0.717, 1.165) is 39.0 Å². The Labute approximate surface area is 97.2 Å². The van der Waals surface area contributed by atoms with Crippen molar-refractivity contribution in [2.24, 2.45) is 5.92 Å². The quantitative estimate of drug-likeness (QED) is 0.753. The molecule has 0 saturated carbocycles. The molecule has 2 heterocycles. The Balaban J connectivity index is 1.87. The van der Waals surface area contributed by atoms with E-state index >= 15 is 0 Å². The predicted octanol–water partition coefficient (Wildman–Crippen LogP) is 0.311. The van der Waals surface area contributed by atoms with Gasteiger partial charge in [-0.3, -0.25) is 4.79 Å². The third kappa shape index (κ3) is 2.38. The van der Waals surface area contributed by atoms with E-state index in [1.54, 1.807) is 0 Å². The first-order valence-electron chi connectivity index (χ1n) is 6.37.